The van der Waals surface area contributed by atoms with Gasteiger partial charge in [0.2, 0.25) is 0 Å². The van der Waals surface area contributed by atoms with E-state index < -0.39 is 0 Å². The van der Waals surface area contributed by atoms with Crippen molar-refractivity contribution in [3.8, 4) is 0 Å². The normalized spacial score (nSPS) is 21.4. The van der Waals surface area contributed by atoms with Gasteiger partial charge < -0.3 is 0 Å². The Hall–Kier alpha value is -2.08. The fourth-order valence-electron chi connectivity index (χ4n) is 4.63. The smallest absolute Gasteiger partial charge is 0.00389 e. The summed E-state index contributed by atoms with van der Waals surface area (Å²) < 4.78 is 0. The van der Waals surface area contributed by atoms with E-state index in [2.05, 4.69) is 88.4 Å². The van der Waals surface area contributed by atoms with Crippen LogP contribution in [0, 0.1) is 11.8 Å². The molecule has 4 rings (SSSR count). The lowest BCUT2D eigenvalue weighted by Gasteiger charge is -2.16. The van der Waals surface area contributed by atoms with Crippen molar-refractivity contribution in [1.82, 2.24) is 0 Å². The van der Waals surface area contributed by atoms with Crippen molar-refractivity contribution < 1.29 is 0 Å². The molecule has 0 aromatic heterocycles. The number of hydrogen-bond acceptors (Lipinski definition) is 0. The Bertz CT molecular complexity index is 776. The van der Waals surface area contributed by atoms with Crippen LogP contribution in [0.4, 0.5) is 0 Å². The monoisotopic (exact) mass is 328 g/mol. The molecule has 128 valence electrons. The third kappa shape index (κ3) is 2.78. The summed E-state index contributed by atoms with van der Waals surface area (Å²) in [6.45, 7) is 9.25. The Morgan fingerprint density at radius 2 is 1.04 bits per heavy atom. The van der Waals surface area contributed by atoms with Gasteiger partial charge in [-0.15, -0.1) is 0 Å². The third-order valence-corrected chi connectivity index (χ3v) is 5.86. The van der Waals surface area contributed by atoms with Gasteiger partial charge >= 0.3 is 0 Å². The molecule has 0 spiro atoms. The molecular formula is C25H28. The van der Waals surface area contributed by atoms with Crippen LogP contribution in [0.1, 0.15) is 68.2 Å². The first kappa shape index (κ1) is 16.4. The van der Waals surface area contributed by atoms with E-state index in [1.54, 1.807) is 0 Å². The second kappa shape index (κ2) is 6.33. The van der Waals surface area contributed by atoms with E-state index in [9.17, 15) is 0 Å². The molecule has 2 aliphatic carbocycles. The summed E-state index contributed by atoms with van der Waals surface area (Å²) >= 11 is 0. The van der Waals surface area contributed by atoms with Crippen LogP contribution in [0.25, 0.3) is 11.1 Å². The summed E-state index contributed by atoms with van der Waals surface area (Å²) in [5.41, 5.74) is 9.05. The summed E-state index contributed by atoms with van der Waals surface area (Å²) in [6, 6.07) is 18.0. The van der Waals surface area contributed by atoms with E-state index in [1.165, 1.54) is 39.8 Å². The summed E-state index contributed by atoms with van der Waals surface area (Å²) in [6.07, 6.45) is 6.26. The molecule has 0 N–H and O–H groups in total. The van der Waals surface area contributed by atoms with Crippen molar-refractivity contribution in [3.63, 3.8) is 0 Å². The average Bonchev–Trinajstić information content (AvgIpc) is 3.15. The van der Waals surface area contributed by atoms with E-state index in [1.807, 2.05) is 0 Å². The lowest BCUT2D eigenvalue weighted by molar-refractivity contribution is 0.684. The van der Waals surface area contributed by atoms with Crippen molar-refractivity contribution in [1.29, 1.82) is 0 Å². The van der Waals surface area contributed by atoms with Gasteiger partial charge in [0.1, 0.15) is 0 Å². The highest BCUT2D eigenvalue weighted by molar-refractivity contribution is 5.78. The number of benzene rings is 2. The molecule has 0 heterocycles. The quantitative estimate of drug-likeness (QED) is 0.564. The van der Waals surface area contributed by atoms with Crippen LogP contribution in [0.5, 0.6) is 0 Å². The van der Waals surface area contributed by atoms with Crippen molar-refractivity contribution >= 4 is 11.1 Å². The first-order chi connectivity index (χ1) is 12.1. The largest absolute Gasteiger partial charge is 0.0729 e. The molecular weight excluding hydrogens is 300 g/mol. The number of allylic oxidation sites excluding steroid dienone is 4. The molecule has 2 unspecified atom stereocenters. The molecule has 0 radical (unpaired) electrons. The first-order valence-electron chi connectivity index (χ1n) is 9.68. The molecule has 0 heteroatoms. The molecule has 2 atom stereocenters. The maximum absolute atomic E-state index is 2.54. The maximum atomic E-state index is 2.54. The second-order valence-corrected chi connectivity index (χ2v) is 8.18. The zero-order valence-electron chi connectivity index (χ0n) is 15.8. The fourth-order valence-corrected chi connectivity index (χ4v) is 4.63. The van der Waals surface area contributed by atoms with E-state index in [0.717, 1.165) is 0 Å². The van der Waals surface area contributed by atoms with Crippen molar-refractivity contribution in [2.24, 2.45) is 11.8 Å². The number of fused-ring (bicyclic) bond motifs is 2. The van der Waals surface area contributed by atoms with Crippen LogP contribution in [0.3, 0.4) is 0 Å². The van der Waals surface area contributed by atoms with Gasteiger partial charge in [-0.25, -0.2) is 0 Å². The second-order valence-electron chi connectivity index (χ2n) is 8.18. The Morgan fingerprint density at radius 3 is 1.44 bits per heavy atom. The van der Waals surface area contributed by atoms with E-state index in [-0.39, 0.29) is 0 Å². The van der Waals surface area contributed by atoms with Gasteiger partial charge in [-0.3, -0.25) is 0 Å². The molecule has 2 aromatic rings. The van der Waals surface area contributed by atoms with Gasteiger partial charge in [0.05, 0.1) is 0 Å². The van der Waals surface area contributed by atoms with Gasteiger partial charge in [-0.05, 0) is 51.7 Å². The highest BCUT2D eigenvalue weighted by Crippen LogP contribution is 2.48. The van der Waals surface area contributed by atoms with Gasteiger partial charge in [-0.1, -0.05) is 88.4 Å². The lowest BCUT2D eigenvalue weighted by atomic mass is 9.87. The van der Waals surface area contributed by atoms with Crippen LogP contribution in [-0.2, 0) is 0 Å². The molecule has 0 bridgehead atoms. The number of hydrogen-bond donors (Lipinski definition) is 0. The van der Waals surface area contributed by atoms with Gasteiger partial charge in [0, 0.05) is 11.8 Å². The van der Waals surface area contributed by atoms with Crippen LogP contribution < -0.4 is 0 Å². The summed E-state index contributed by atoms with van der Waals surface area (Å²) in [5.74, 6) is 2.25. The number of rotatable bonds is 4. The zero-order chi connectivity index (χ0) is 17.6. The van der Waals surface area contributed by atoms with Crippen LogP contribution in [0.2, 0.25) is 0 Å². The molecule has 2 aliphatic rings. The highest BCUT2D eigenvalue weighted by atomic mass is 14.3. The topological polar surface area (TPSA) is 0 Å². The fraction of sp³-hybridized carbons (Fsp3) is 0.360. The minimum Gasteiger partial charge on any atom is -0.0729 e. The highest BCUT2D eigenvalue weighted by Gasteiger charge is 2.30. The Kier molecular flexibility index (Phi) is 4.15. The molecule has 25 heavy (non-hydrogen) atoms. The summed E-state index contributed by atoms with van der Waals surface area (Å²) in [4.78, 5) is 0. The summed E-state index contributed by atoms with van der Waals surface area (Å²) in [5, 5.41) is 0. The van der Waals surface area contributed by atoms with Gasteiger partial charge in [-0.2, -0.15) is 0 Å². The van der Waals surface area contributed by atoms with Crippen molar-refractivity contribution in [3.05, 3.63) is 82.9 Å². The molecule has 0 aliphatic heterocycles. The van der Waals surface area contributed by atoms with E-state index in [4.69, 9.17) is 0 Å². The van der Waals surface area contributed by atoms with Gasteiger partial charge in [0.15, 0.2) is 0 Å². The molecule has 2 aromatic carbocycles. The predicted molar refractivity (Wildman–Crippen MR) is 109 cm³/mol. The minimum absolute atomic E-state index is 0.536. The molecule has 0 amide bonds. The predicted octanol–water partition coefficient (Wildman–Crippen LogP) is 7.05. The standard InChI is InChI=1S/C25H28/c1-16(2)24-14-18(20-9-5-7-11-22(20)24)13-19-15-25(17(3)4)23-12-8-6-10-21(19)23/h5-12,14-19H,13H2,1-4H3. The van der Waals surface area contributed by atoms with Crippen LogP contribution in [0.15, 0.2) is 60.7 Å². The Morgan fingerprint density at radius 1 is 0.640 bits per heavy atom. The SMILES string of the molecule is CC(C)C1=CC(CC2C=C(C(C)C)c3ccccc32)c2ccccc21. The van der Waals surface area contributed by atoms with Gasteiger partial charge in [0.25, 0.3) is 0 Å². The van der Waals surface area contributed by atoms with E-state index >= 15 is 0 Å². The third-order valence-electron chi connectivity index (χ3n) is 5.86. The molecule has 0 saturated carbocycles. The Balaban J connectivity index is 1.70. The molecule has 0 nitrogen and oxygen atoms in total. The minimum atomic E-state index is 0.536. The lowest BCUT2D eigenvalue weighted by Crippen LogP contribution is -2.00. The summed E-state index contributed by atoms with van der Waals surface area (Å²) in [7, 11) is 0. The van der Waals surface area contributed by atoms with Crippen LogP contribution in [-0.4, -0.2) is 0 Å². The van der Waals surface area contributed by atoms with Crippen LogP contribution >= 0.6 is 0 Å². The first-order valence-corrected chi connectivity index (χ1v) is 9.68. The Labute approximate surface area is 152 Å². The maximum Gasteiger partial charge on any atom is 0.00389 e. The molecule has 0 saturated heterocycles. The molecule has 0 fully saturated rings. The zero-order valence-corrected chi connectivity index (χ0v) is 15.8. The van der Waals surface area contributed by atoms with E-state index in [0.29, 0.717) is 23.7 Å². The van der Waals surface area contributed by atoms with Crippen molar-refractivity contribution in [2.75, 3.05) is 0 Å². The van der Waals surface area contributed by atoms with Crippen molar-refractivity contribution in [2.45, 2.75) is 46.0 Å². The average molecular weight is 328 g/mol.